The van der Waals surface area contributed by atoms with E-state index in [0.29, 0.717) is 41.2 Å². The van der Waals surface area contributed by atoms with Gasteiger partial charge in [0, 0.05) is 42.0 Å². The van der Waals surface area contributed by atoms with Crippen LogP contribution in [0.3, 0.4) is 0 Å². The van der Waals surface area contributed by atoms with Crippen LogP contribution < -0.4 is 0 Å². The zero-order valence-electron chi connectivity index (χ0n) is 24.6. The van der Waals surface area contributed by atoms with E-state index in [1.54, 1.807) is 48.0 Å². The van der Waals surface area contributed by atoms with Gasteiger partial charge >= 0.3 is 0 Å². The molecule has 8 heteroatoms. The number of aliphatic hydroxyl groups excluding tert-OH is 1. The molecule has 6 rings (SSSR count). The van der Waals surface area contributed by atoms with Crippen LogP contribution in [0.5, 0.6) is 0 Å². The standard InChI is InChI=1S/C35H38N4O4/c1-23-22-43-34(38-23)31-12-7-15-39(31)35(42)29-18-26(30-21-36-13-14-37-30)17-27(19-29)32(40)20-28(16-24-8-3-2-4-9-24)33(41)25-10-5-6-11-25/h2-4,8-9,13-14,17-19,21-22,25,28,31,33,41H,5-7,10-12,15-16,20H2,1H3/t28-,31-,33-/m1/s1. The van der Waals surface area contributed by atoms with E-state index < -0.39 is 6.10 Å². The van der Waals surface area contributed by atoms with Crippen molar-refractivity contribution in [1.29, 1.82) is 0 Å². The van der Waals surface area contributed by atoms with E-state index in [2.05, 4.69) is 15.0 Å². The van der Waals surface area contributed by atoms with Crippen LogP contribution in [-0.2, 0) is 6.42 Å². The van der Waals surface area contributed by atoms with E-state index in [0.717, 1.165) is 49.8 Å². The fourth-order valence-electron chi connectivity index (χ4n) is 6.74. The minimum Gasteiger partial charge on any atom is -0.446 e. The van der Waals surface area contributed by atoms with Crippen molar-refractivity contribution in [2.75, 3.05) is 6.54 Å². The molecule has 222 valence electrons. The normalized spacial score (nSPS) is 18.6. The summed E-state index contributed by atoms with van der Waals surface area (Å²) in [6, 6.07) is 15.1. The first kappa shape index (κ1) is 28.9. The lowest BCUT2D eigenvalue weighted by Gasteiger charge is -2.27. The van der Waals surface area contributed by atoms with Gasteiger partial charge in [0.15, 0.2) is 5.78 Å². The number of likely N-dealkylation sites (tertiary alicyclic amines) is 1. The van der Waals surface area contributed by atoms with Gasteiger partial charge in [-0.2, -0.15) is 0 Å². The Balaban J connectivity index is 1.32. The second kappa shape index (κ2) is 13.0. The van der Waals surface area contributed by atoms with Gasteiger partial charge in [-0.25, -0.2) is 4.98 Å². The number of Topliss-reactive ketones (excluding diaryl/α,β-unsaturated/α-hetero) is 1. The molecule has 3 atom stereocenters. The molecule has 0 unspecified atom stereocenters. The SMILES string of the molecule is Cc1coc([C@H]2CCCN2C(=O)c2cc(C(=O)C[C@@H](Cc3ccccc3)[C@H](O)C3CCCC3)cc(-c3cnccn3)c2)n1. The molecule has 1 aliphatic carbocycles. The van der Waals surface area contributed by atoms with Crippen molar-refractivity contribution in [3.8, 4) is 11.3 Å². The number of carbonyl (C=O) groups excluding carboxylic acids is 2. The number of hydrogen-bond donors (Lipinski definition) is 1. The van der Waals surface area contributed by atoms with E-state index in [4.69, 9.17) is 4.42 Å². The summed E-state index contributed by atoms with van der Waals surface area (Å²) in [6.45, 7) is 2.45. The van der Waals surface area contributed by atoms with Gasteiger partial charge in [0.05, 0.1) is 23.7 Å². The van der Waals surface area contributed by atoms with Gasteiger partial charge in [-0.15, -0.1) is 0 Å². The van der Waals surface area contributed by atoms with Gasteiger partial charge in [0.25, 0.3) is 5.91 Å². The molecule has 4 aromatic rings. The monoisotopic (exact) mass is 578 g/mol. The number of nitrogens with zero attached hydrogens (tertiary/aromatic N) is 4. The van der Waals surface area contributed by atoms with Crippen LogP contribution in [0.4, 0.5) is 0 Å². The minimum atomic E-state index is -0.564. The molecule has 0 spiro atoms. The molecule has 2 aromatic carbocycles. The average Bonchev–Trinajstić information content (AvgIpc) is 3.83. The molecule has 1 aliphatic heterocycles. The Hall–Kier alpha value is -4.17. The van der Waals surface area contributed by atoms with Crippen molar-refractivity contribution >= 4 is 11.7 Å². The van der Waals surface area contributed by atoms with Crippen molar-refractivity contribution in [3.05, 3.63) is 102 Å². The highest BCUT2D eigenvalue weighted by atomic mass is 16.3. The summed E-state index contributed by atoms with van der Waals surface area (Å²) in [7, 11) is 0. The van der Waals surface area contributed by atoms with Crippen LogP contribution in [0.15, 0.2) is 77.8 Å². The summed E-state index contributed by atoms with van der Waals surface area (Å²) in [5, 5.41) is 11.5. The van der Waals surface area contributed by atoms with Crippen molar-refractivity contribution in [2.24, 2.45) is 11.8 Å². The second-order valence-electron chi connectivity index (χ2n) is 12.0. The third-order valence-corrected chi connectivity index (χ3v) is 8.95. The van der Waals surface area contributed by atoms with Crippen LogP contribution in [-0.4, -0.2) is 49.3 Å². The number of hydrogen-bond acceptors (Lipinski definition) is 7. The molecule has 1 saturated heterocycles. The topological polar surface area (TPSA) is 109 Å². The molecule has 2 aliphatic rings. The van der Waals surface area contributed by atoms with Crippen LogP contribution in [0, 0.1) is 18.8 Å². The van der Waals surface area contributed by atoms with E-state index in [1.165, 1.54) is 0 Å². The number of aliphatic hydroxyl groups is 1. The summed E-state index contributed by atoms with van der Waals surface area (Å²) >= 11 is 0. The zero-order valence-corrected chi connectivity index (χ0v) is 24.6. The molecular formula is C35H38N4O4. The zero-order chi connectivity index (χ0) is 29.8. The molecule has 1 saturated carbocycles. The van der Waals surface area contributed by atoms with Gasteiger partial charge in [0.2, 0.25) is 5.89 Å². The quantitative estimate of drug-likeness (QED) is 0.217. The first-order valence-electron chi connectivity index (χ1n) is 15.4. The third-order valence-electron chi connectivity index (χ3n) is 8.95. The van der Waals surface area contributed by atoms with Crippen molar-refractivity contribution in [1.82, 2.24) is 19.9 Å². The van der Waals surface area contributed by atoms with Gasteiger partial charge < -0.3 is 14.4 Å². The Labute approximate surface area is 252 Å². The Morgan fingerprint density at radius 1 is 1.02 bits per heavy atom. The Morgan fingerprint density at radius 2 is 1.81 bits per heavy atom. The number of benzene rings is 2. The van der Waals surface area contributed by atoms with Crippen molar-refractivity contribution < 1.29 is 19.1 Å². The van der Waals surface area contributed by atoms with E-state index in [9.17, 15) is 14.7 Å². The third kappa shape index (κ3) is 6.59. The molecule has 43 heavy (non-hydrogen) atoms. The highest BCUT2D eigenvalue weighted by molar-refractivity contribution is 6.02. The van der Waals surface area contributed by atoms with Gasteiger partial charge in [0.1, 0.15) is 12.3 Å². The Bertz CT molecular complexity index is 1550. The Kier molecular flexibility index (Phi) is 8.74. The number of oxazole rings is 1. The molecule has 2 fully saturated rings. The summed E-state index contributed by atoms with van der Waals surface area (Å²) in [6.07, 6.45) is 12.5. The number of amides is 1. The van der Waals surface area contributed by atoms with Gasteiger partial charge in [-0.05, 0) is 74.6 Å². The Morgan fingerprint density at radius 3 is 2.53 bits per heavy atom. The van der Waals surface area contributed by atoms with Crippen LogP contribution >= 0.6 is 0 Å². The lowest BCUT2D eigenvalue weighted by molar-refractivity contribution is 0.0456. The largest absolute Gasteiger partial charge is 0.446 e. The highest BCUT2D eigenvalue weighted by Crippen LogP contribution is 2.36. The van der Waals surface area contributed by atoms with Crippen LogP contribution in [0.25, 0.3) is 11.3 Å². The molecule has 1 amide bonds. The molecule has 3 heterocycles. The summed E-state index contributed by atoms with van der Waals surface area (Å²) in [5.41, 5.74) is 3.96. The average molecular weight is 579 g/mol. The summed E-state index contributed by atoms with van der Waals surface area (Å²) in [4.78, 5) is 43.0. The summed E-state index contributed by atoms with van der Waals surface area (Å²) < 4.78 is 5.68. The maximum Gasteiger partial charge on any atom is 0.254 e. The number of aryl methyl sites for hydroxylation is 1. The first-order valence-corrected chi connectivity index (χ1v) is 15.4. The van der Waals surface area contributed by atoms with Gasteiger partial charge in [-0.3, -0.25) is 19.6 Å². The molecule has 0 radical (unpaired) electrons. The fraction of sp³-hybridized carbons (Fsp3) is 0.400. The molecule has 2 aromatic heterocycles. The highest BCUT2D eigenvalue weighted by Gasteiger charge is 2.35. The molecule has 8 nitrogen and oxygen atoms in total. The van der Waals surface area contributed by atoms with Crippen LogP contribution in [0.2, 0.25) is 0 Å². The van der Waals surface area contributed by atoms with E-state index in [1.807, 2.05) is 37.3 Å². The summed E-state index contributed by atoms with van der Waals surface area (Å²) in [5.74, 6) is 0.238. The maximum atomic E-state index is 14.0. The smallest absolute Gasteiger partial charge is 0.254 e. The predicted octanol–water partition coefficient (Wildman–Crippen LogP) is 6.40. The van der Waals surface area contributed by atoms with E-state index >= 15 is 0 Å². The predicted molar refractivity (Wildman–Crippen MR) is 162 cm³/mol. The number of rotatable bonds is 10. The molecule has 0 bridgehead atoms. The van der Waals surface area contributed by atoms with Gasteiger partial charge in [-0.1, -0.05) is 43.2 Å². The van der Waals surface area contributed by atoms with E-state index in [-0.39, 0.29) is 36.0 Å². The van der Waals surface area contributed by atoms with Crippen molar-refractivity contribution in [3.63, 3.8) is 0 Å². The lowest BCUT2D eigenvalue weighted by atomic mass is 9.81. The number of carbonyl (C=O) groups is 2. The molecule has 1 N–H and O–H groups in total. The number of ketones is 1. The minimum absolute atomic E-state index is 0.0981. The maximum absolute atomic E-state index is 14.0. The lowest BCUT2D eigenvalue weighted by Crippen LogP contribution is -2.32. The number of aromatic nitrogens is 3. The van der Waals surface area contributed by atoms with Crippen LogP contribution in [0.1, 0.15) is 88.9 Å². The molecular weight excluding hydrogens is 540 g/mol. The fourth-order valence-corrected chi connectivity index (χ4v) is 6.74. The first-order chi connectivity index (χ1) is 21.0. The second-order valence-corrected chi connectivity index (χ2v) is 12.0. The van der Waals surface area contributed by atoms with Crippen molar-refractivity contribution in [2.45, 2.75) is 70.4 Å².